The maximum atomic E-state index is 5.65. The van der Waals surface area contributed by atoms with Crippen molar-refractivity contribution in [1.29, 1.82) is 0 Å². The summed E-state index contributed by atoms with van der Waals surface area (Å²) in [6.07, 6.45) is 0.643. The Morgan fingerprint density at radius 3 is 2.86 bits per heavy atom. The van der Waals surface area contributed by atoms with E-state index < -0.39 is 0 Å². The third-order valence-corrected chi connectivity index (χ3v) is 2.63. The lowest BCUT2D eigenvalue weighted by Crippen LogP contribution is -2.03. The highest BCUT2D eigenvalue weighted by Crippen LogP contribution is 2.13. The SMILES string of the molecule is Nc1nc(Cl)nc(Cc2cccs2)n1. The van der Waals surface area contributed by atoms with Gasteiger partial charge in [0.15, 0.2) is 0 Å². The predicted molar refractivity (Wildman–Crippen MR) is 56.4 cm³/mol. The Balaban J connectivity index is 2.25. The Hall–Kier alpha value is -1.20. The summed E-state index contributed by atoms with van der Waals surface area (Å²) >= 11 is 7.30. The molecule has 0 amide bonds. The Kier molecular flexibility index (Phi) is 2.60. The lowest BCUT2D eigenvalue weighted by molar-refractivity contribution is 0.938. The number of aromatic nitrogens is 3. The van der Waals surface area contributed by atoms with Gasteiger partial charge in [0.05, 0.1) is 0 Å². The van der Waals surface area contributed by atoms with Crippen molar-refractivity contribution in [2.45, 2.75) is 6.42 Å². The van der Waals surface area contributed by atoms with Gasteiger partial charge >= 0.3 is 0 Å². The van der Waals surface area contributed by atoms with Crippen LogP contribution in [-0.2, 0) is 6.42 Å². The Morgan fingerprint density at radius 2 is 2.21 bits per heavy atom. The van der Waals surface area contributed by atoms with Gasteiger partial charge in [-0.1, -0.05) is 6.07 Å². The molecule has 0 aliphatic carbocycles. The number of anilines is 1. The summed E-state index contributed by atoms with van der Waals surface area (Å²) < 4.78 is 0. The molecule has 0 fully saturated rings. The first kappa shape index (κ1) is 9.36. The Bertz CT molecular complexity index is 409. The molecule has 2 aromatic heterocycles. The summed E-state index contributed by atoms with van der Waals surface area (Å²) in [6, 6.07) is 3.99. The van der Waals surface area contributed by atoms with Gasteiger partial charge in [-0.05, 0) is 23.0 Å². The number of nitrogens with two attached hydrogens (primary N) is 1. The quantitative estimate of drug-likeness (QED) is 0.848. The van der Waals surface area contributed by atoms with E-state index in [0.29, 0.717) is 12.2 Å². The zero-order valence-electron chi connectivity index (χ0n) is 7.14. The molecule has 6 heteroatoms. The second kappa shape index (κ2) is 3.89. The van der Waals surface area contributed by atoms with E-state index in [4.69, 9.17) is 17.3 Å². The first-order valence-corrected chi connectivity index (χ1v) is 5.18. The molecule has 72 valence electrons. The fourth-order valence-corrected chi connectivity index (χ4v) is 1.94. The molecule has 0 spiro atoms. The molecular weight excluding hydrogens is 220 g/mol. The van der Waals surface area contributed by atoms with Crippen LogP contribution in [-0.4, -0.2) is 15.0 Å². The van der Waals surface area contributed by atoms with Crippen molar-refractivity contribution in [3.8, 4) is 0 Å². The van der Waals surface area contributed by atoms with Crippen LogP contribution >= 0.6 is 22.9 Å². The van der Waals surface area contributed by atoms with Gasteiger partial charge in [-0.2, -0.15) is 9.97 Å². The van der Waals surface area contributed by atoms with Crippen molar-refractivity contribution in [3.05, 3.63) is 33.5 Å². The first-order chi connectivity index (χ1) is 6.74. The summed E-state index contributed by atoms with van der Waals surface area (Å²) in [6.45, 7) is 0. The van der Waals surface area contributed by atoms with Crippen molar-refractivity contribution in [1.82, 2.24) is 15.0 Å². The fourth-order valence-electron chi connectivity index (χ4n) is 1.06. The summed E-state index contributed by atoms with van der Waals surface area (Å²) in [5, 5.41) is 2.14. The van der Waals surface area contributed by atoms with E-state index in [-0.39, 0.29) is 11.2 Å². The highest BCUT2D eigenvalue weighted by atomic mass is 35.5. The largest absolute Gasteiger partial charge is 0.368 e. The van der Waals surface area contributed by atoms with E-state index in [2.05, 4.69) is 15.0 Å². The van der Waals surface area contributed by atoms with Crippen LogP contribution < -0.4 is 5.73 Å². The zero-order valence-corrected chi connectivity index (χ0v) is 8.72. The van der Waals surface area contributed by atoms with Crippen LogP contribution in [0.3, 0.4) is 0 Å². The van der Waals surface area contributed by atoms with Gasteiger partial charge in [0, 0.05) is 11.3 Å². The van der Waals surface area contributed by atoms with Gasteiger partial charge in [-0.25, -0.2) is 4.98 Å². The lowest BCUT2D eigenvalue weighted by Gasteiger charge is -1.98. The molecule has 0 unspecified atom stereocenters. The minimum atomic E-state index is 0.143. The molecule has 4 nitrogen and oxygen atoms in total. The normalized spacial score (nSPS) is 10.4. The van der Waals surface area contributed by atoms with Crippen LogP contribution in [0.1, 0.15) is 10.7 Å². The monoisotopic (exact) mass is 226 g/mol. The first-order valence-electron chi connectivity index (χ1n) is 3.92. The molecule has 0 saturated carbocycles. The minimum absolute atomic E-state index is 0.143. The molecule has 0 aromatic carbocycles. The van der Waals surface area contributed by atoms with Crippen molar-refractivity contribution in [2.75, 3.05) is 5.73 Å². The number of nitrogen functional groups attached to an aromatic ring is 1. The van der Waals surface area contributed by atoms with Crippen LogP contribution in [0.25, 0.3) is 0 Å². The number of thiophene rings is 1. The Morgan fingerprint density at radius 1 is 1.36 bits per heavy atom. The molecule has 0 saturated heterocycles. The molecule has 0 bridgehead atoms. The van der Waals surface area contributed by atoms with E-state index in [9.17, 15) is 0 Å². The van der Waals surface area contributed by atoms with Crippen LogP contribution in [0.5, 0.6) is 0 Å². The molecule has 2 N–H and O–H groups in total. The molecule has 0 aliphatic rings. The number of hydrogen-bond donors (Lipinski definition) is 1. The van der Waals surface area contributed by atoms with Crippen molar-refractivity contribution in [2.24, 2.45) is 0 Å². The molecule has 14 heavy (non-hydrogen) atoms. The van der Waals surface area contributed by atoms with Gasteiger partial charge in [0.25, 0.3) is 0 Å². The van der Waals surface area contributed by atoms with E-state index >= 15 is 0 Å². The molecule has 2 heterocycles. The summed E-state index contributed by atoms with van der Waals surface area (Å²) in [7, 11) is 0. The highest BCUT2D eigenvalue weighted by Gasteiger charge is 2.03. The van der Waals surface area contributed by atoms with E-state index in [1.165, 1.54) is 4.88 Å². The molecular formula is C8H7ClN4S. The van der Waals surface area contributed by atoms with Gasteiger partial charge in [0.2, 0.25) is 11.2 Å². The molecule has 2 aromatic rings. The predicted octanol–water partition coefficient (Wildman–Crippen LogP) is 1.76. The maximum Gasteiger partial charge on any atom is 0.227 e. The Labute approximate surface area is 89.8 Å². The molecule has 0 radical (unpaired) electrons. The summed E-state index contributed by atoms with van der Waals surface area (Å²) in [5.41, 5.74) is 5.45. The fraction of sp³-hybridized carbons (Fsp3) is 0.125. The summed E-state index contributed by atoms with van der Waals surface area (Å²) in [4.78, 5) is 12.8. The average molecular weight is 227 g/mol. The van der Waals surface area contributed by atoms with Crippen molar-refractivity contribution in [3.63, 3.8) is 0 Å². The van der Waals surface area contributed by atoms with E-state index in [0.717, 1.165) is 0 Å². The van der Waals surface area contributed by atoms with E-state index in [1.807, 2.05) is 17.5 Å². The van der Waals surface area contributed by atoms with Gasteiger partial charge in [-0.3, -0.25) is 0 Å². The third kappa shape index (κ3) is 2.18. The van der Waals surface area contributed by atoms with Crippen LogP contribution in [0.2, 0.25) is 5.28 Å². The minimum Gasteiger partial charge on any atom is -0.368 e. The second-order valence-electron chi connectivity index (χ2n) is 2.64. The average Bonchev–Trinajstić information content (AvgIpc) is 2.54. The van der Waals surface area contributed by atoms with Crippen molar-refractivity contribution >= 4 is 28.9 Å². The lowest BCUT2D eigenvalue weighted by atomic mass is 10.3. The van der Waals surface area contributed by atoms with Crippen LogP contribution in [0.4, 0.5) is 5.95 Å². The van der Waals surface area contributed by atoms with E-state index in [1.54, 1.807) is 11.3 Å². The molecule has 0 aliphatic heterocycles. The standard InChI is InChI=1S/C8H7ClN4S/c9-7-11-6(12-8(10)13-7)4-5-2-1-3-14-5/h1-3H,4H2,(H2,10,11,12,13). The topological polar surface area (TPSA) is 64.7 Å². The van der Waals surface area contributed by atoms with Gasteiger partial charge in [-0.15, -0.1) is 11.3 Å². The highest BCUT2D eigenvalue weighted by molar-refractivity contribution is 7.09. The van der Waals surface area contributed by atoms with Crippen molar-refractivity contribution < 1.29 is 0 Å². The van der Waals surface area contributed by atoms with Crippen LogP contribution in [0, 0.1) is 0 Å². The number of nitrogens with zero attached hydrogens (tertiary/aromatic N) is 3. The van der Waals surface area contributed by atoms with Gasteiger partial charge < -0.3 is 5.73 Å². The number of rotatable bonds is 2. The maximum absolute atomic E-state index is 5.65. The third-order valence-electron chi connectivity index (χ3n) is 1.58. The smallest absolute Gasteiger partial charge is 0.227 e. The van der Waals surface area contributed by atoms with Gasteiger partial charge in [0.1, 0.15) is 5.82 Å². The molecule has 0 atom stereocenters. The zero-order chi connectivity index (χ0) is 9.97. The number of hydrogen-bond acceptors (Lipinski definition) is 5. The number of halogens is 1. The molecule has 2 rings (SSSR count). The second-order valence-corrected chi connectivity index (χ2v) is 4.01. The summed E-state index contributed by atoms with van der Waals surface area (Å²) in [5.74, 6) is 0.765. The van der Waals surface area contributed by atoms with Crippen LogP contribution in [0.15, 0.2) is 17.5 Å².